The topological polar surface area (TPSA) is 102 Å². The standard InChI is InChI=1S/C13H17N3O5/c1-9(12(17)21-3)8-15(2)13(18)14-10-4-6-11(7-5-10)16(19)20/h4-7,9H,8H2,1-3H3,(H,14,18). The molecule has 1 atom stereocenters. The van der Waals surface area contributed by atoms with Gasteiger partial charge in [0.1, 0.15) is 0 Å². The SMILES string of the molecule is COC(=O)C(C)CN(C)C(=O)Nc1ccc([N+](=O)[O-])cc1. The molecule has 21 heavy (non-hydrogen) atoms. The van der Waals surface area contributed by atoms with Gasteiger partial charge in [-0.2, -0.15) is 0 Å². The maximum atomic E-state index is 11.9. The Morgan fingerprint density at radius 2 is 1.95 bits per heavy atom. The van der Waals surface area contributed by atoms with Crippen LogP contribution in [0, 0.1) is 16.0 Å². The molecular formula is C13H17N3O5. The molecule has 1 rings (SSSR count). The Balaban J connectivity index is 2.59. The predicted octanol–water partition coefficient (Wildman–Crippen LogP) is 1.87. The molecule has 0 spiro atoms. The molecule has 0 aromatic heterocycles. The molecule has 114 valence electrons. The molecule has 0 radical (unpaired) electrons. The van der Waals surface area contributed by atoms with Crippen molar-refractivity contribution in [2.75, 3.05) is 26.0 Å². The van der Waals surface area contributed by atoms with Crippen LogP contribution in [0.3, 0.4) is 0 Å². The lowest BCUT2D eigenvalue weighted by Crippen LogP contribution is -2.36. The van der Waals surface area contributed by atoms with Crippen molar-refractivity contribution < 1.29 is 19.2 Å². The molecule has 1 aromatic rings. The minimum absolute atomic E-state index is 0.0549. The van der Waals surface area contributed by atoms with Crippen LogP contribution >= 0.6 is 0 Å². The van der Waals surface area contributed by atoms with E-state index >= 15 is 0 Å². The molecule has 1 N–H and O–H groups in total. The van der Waals surface area contributed by atoms with Crippen molar-refractivity contribution in [1.29, 1.82) is 0 Å². The Morgan fingerprint density at radius 3 is 2.43 bits per heavy atom. The Hall–Kier alpha value is -2.64. The number of carbonyl (C=O) groups excluding carboxylic acids is 2. The van der Waals surface area contributed by atoms with Crippen molar-refractivity contribution in [2.24, 2.45) is 5.92 Å². The number of nitrogens with one attached hydrogen (secondary N) is 1. The summed E-state index contributed by atoms with van der Waals surface area (Å²) in [6, 6.07) is 5.06. The molecule has 0 aliphatic rings. The summed E-state index contributed by atoms with van der Waals surface area (Å²) in [5, 5.41) is 13.1. The molecule has 0 aliphatic carbocycles. The number of non-ortho nitro benzene ring substituents is 1. The summed E-state index contributed by atoms with van der Waals surface area (Å²) in [7, 11) is 2.83. The minimum atomic E-state index is -0.518. The largest absolute Gasteiger partial charge is 0.469 e. The van der Waals surface area contributed by atoms with E-state index in [0.29, 0.717) is 5.69 Å². The third-order valence-corrected chi connectivity index (χ3v) is 2.83. The molecular weight excluding hydrogens is 278 g/mol. The second-order valence-electron chi connectivity index (χ2n) is 4.54. The highest BCUT2D eigenvalue weighted by Crippen LogP contribution is 2.15. The van der Waals surface area contributed by atoms with Crippen molar-refractivity contribution >= 4 is 23.4 Å². The summed E-state index contributed by atoms with van der Waals surface area (Å²) in [6.07, 6.45) is 0. The zero-order chi connectivity index (χ0) is 16.0. The maximum Gasteiger partial charge on any atom is 0.321 e. The Labute approximate surface area is 121 Å². The molecule has 8 nitrogen and oxygen atoms in total. The van der Waals surface area contributed by atoms with Crippen LogP contribution in [0.1, 0.15) is 6.92 Å². The minimum Gasteiger partial charge on any atom is -0.469 e. The van der Waals surface area contributed by atoms with Crippen LogP contribution in [0.2, 0.25) is 0 Å². The van der Waals surface area contributed by atoms with Gasteiger partial charge in [-0.1, -0.05) is 6.92 Å². The van der Waals surface area contributed by atoms with E-state index in [1.807, 2.05) is 0 Å². The third-order valence-electron chi connectivity index (χ3n) is 2.83. The summed E-state index contributed by atoms with van der Waals surface area (Å²) >= 11 is 0. The number of hydrogen-bond donors (Lipinski definition) is 1. The molecule has 0 fully saturated rings. The van der Waals surface area contributed by atoms with Crippen molar-refractivity contribution in [3.63, 3.8) is 0 Å². The van der Waals surface area contributed by atoms with E-state index < -0.39 is 22.8 Å². The Morgan fingerprint density at radius 1 is 1.38 bits per heavy atom. The van der Waals surface area contributed by atoms with Gasteiger partial charge in [-0.15, -0.1) is 0 Å². The fourth-order valence-electron chi connectivity index (χ4n) is 1.65. The summed E-state index contributed by atoms with van der Waals surface area (Å²) in [5.74, 6) is -0.840. The Kier molecular flexibility index (Phi) is 5.65. The van der Waals surface area contributed by atoms with Gasteiger partial charge in [-0.3, -0.25) is 14.9 Å². The quantitative estimate of drug-likeness (QED) is 0.507. The van der Waals surface area contributed by atoms with Gasteiger partial charge in [0, 0.05) is 31.4 Å². The first-order valence-electron chi connectivity index (χ1n) is 6.19. The van der Waals surface area contributed by atoms with Crippen LogP contribution in [-0.4, -0.2) is 42.5 Å². The fourth-order valence-corrected chi connectivity index (χ4v) is 1.65. The molecule has 8 heteroatoms. The lowest BCUT2D eigenvalue weighted by Gasteiger charge is -2.20. The number of benzene rings is 1. The van der Waals surface area contributed by atoms with Gasteiger partial charge in [0.05, 0.1) is 18.0 Å². The average Bonchev–Trinajstić information content (AvgIpc) is 2.46. The van der Waals surface area contributed by atoms with E-state index in [9.17, 15) is 19.7 Å². The number of hydrogen-bond acceptors (Lipinski definition) is 5. The van der Waals surface area contributed by atoms with Crippen LogP contribution in [0.25, 0.3) is 0 Å². The predicted molar refractivity (Wildman–Crippen MR) is 75.9 cm³/mol. The molecule has 2 amide bonds. The first-order valence-corrected chi connectivity index (χ1v) is 6.19. The van der Waals surface area contributed by atoms with Crippen molar-refractivity contribution in [3.8, 4) is 0 Å². The second kappa shape index (κ2) is 7.22. The lowest BCUT2D eigenvalue weighted by atomic mass is 10.2. The summed E-state index contributed by atoms with van der Waals surface area (Å²) in [4.78, 5) is 34.5. The van der Waals surface area contributed by atoms with E-state index in [1.54, 1.807) is 14.0 Å². The van der Waals surface area contributed by atoms with Gasteiger partial charge in [-0.05, 0) is 12.1 Å². The van der Waals surface area contributed by atoms with Gasteiger partial charge in [0.15, 0.2) is 0 Å². The van der Waals surface area contributed by atoms with Gasteiger partial charge in [0.2, 0.25) is 0 Å². The highest BCUT2D eigenvalue weighted by molar-refractivity contribution is 5.89. The van der Waals surface area contributed by atoms with E-state index in [0.717, 1.165) is 0 Å². The number of ether oxygens (including phenoxy) is 1. The number of esters is 1. The number of rotatable bonds is 5. The van der Waals surface area contributed by atoms with Gasteiger partial charge in [-0.25, -0.2) is 4.79 Å². The Bertz CT molecular complexity index is 529. The molecule has 0 aliphatic heterocycles. The summed E-state index contributed by atoms with van der Waals surface area (Å²) < 4.78 is 4.59. The highest BCUT2D eigenvalue weighted by Gasteiger charge is 2.18. The molecule has 1 aromatic carbocycles. The van der Waals surface area contributed by atoms with Crippen LogP contribution in [-0.2, 0) is 9.53 Å². The number of nitro benzene ring substituents is 1. The van der Waals surface area contributed by atoms with Gasteiger partial charge < -0.3 is 15.0 Å². The van der Waals surface area contributed by atoms with E-state index in [2.05, 4.69) is 10.1 Å². The highest BCUT2D eigenvalue weighted by atomic mass is 16.6. The molecule has 0 heterocycles. The molecule has 0 saturated carbocycles. The first-order chi connectivity index (χ1) is 9.85. The number of carbonyl (C=O) groups is 2. The van der Waals surface area contributed by atoms with Crippen molar-refractivity contribution in [3.05, 3.63) is 34.4 Å². The van der Waals surface area contributed by atoms with Crippen molar-refractivity contribution in [2.45, 2.75) is 6.92 Å². The monoisotopic (exact) mass is 295 g/mol. The molecule has 0 saturated heterocycles. The summed E-state index contributed by atoms with van der Waals surface area (Å²) in [6.45, 7) is 1.85. The van der Waals surface area contributed by atoms with Crippen LogP contribution in [0.5, 0.6) is 0 Å². The molecule has 1 unspecified atom stereocenters. The normalized spacial score (nSPS) is 11.4. The van der Waals surface area contributed by atoms with E-state index in [4.69, 9.17) is 0 Å². The second-order valence-corrected chi connectivity index (χ2v) is 4.54. The fraction of sp³-hybridized carbons (Fsp3) is 0.385. The van der Waals surface area contributed by atoms with Crippen LogP contribution in [0.15, 0.2) is 24.3 Å². The van der Waals surface area contributed by atoms with Crippen LogP contribution < -0.4 is 5.32 Å². The van der Waals surface area contributed by atoms with E-state index in [1.165, 1.54) is 36.3 Å². The number of amides is 2. The van der Waals surface area contributed by atoms with Gasteiger partial charge >= 0.3 is 12.0 Å². The van der Waals surface area contributed by atoms with Crippen molar-refractivity contribution in [1.82, 2.24) is 4.90 Å². The lowest BCUT2D eigenvalue weighted by molar-refractivity contribution is -0.384. The third kappa shape index (κ3) is 4.75. The number of urea groups is 1. The number of anilines is 1. The maximum absolute atomic E-state index is 11.9. The van der Waals surface area contributed by atoms with Gasteiger partial charge in [0.25, 0.3) is 5.69 Å². The van der Waals surface area contributed by atoms with Crippen LogP contribution in [0.4, 0.5) is 16.2 Å². The van der Waals surface area contributed by atoms with E-state index in [-0.39, 0.29) is 12.2 Å². The zero-order valence-electron chi connectivity index (χ0n) is 12.0. The molecule has 0 bridgehead atoms. The average molecular weight is 295 g/mol. The number of nitro groups is 1. The zero-order valence-corrected chi connectivity index (χ0v) is 12.0. The number of methoxy groups -OCH3 is 1. The number of nitrogens with zero attached hydrogens (tertiary/aromatic N) is 2. The smallest absolute Gasteiger partial charge is 0.321 e. The summed E-state index contributed by atoms with van der Waals surface area (Å²) in [5.41, 5.74) is 0.379. The first kappa shape index (κ1) is 16.4.